The van der Waals surface area contributed by atoms with E-state index in [-0.39, 0.29) is 11.7 Å². The Bertz CT molecular complexity index is 1250. The molecule has 0 aliphatic carbocycles. The van der Waals surface area contributed by atoms with E-state index in [0.29, 0.717) is 31.3 Å². The molecule has 0 bridgehead atoms. The summed E-state index contributed by atoms with van der Waals surface area (Å²) in [7, 11) is 1.73. The topological polar surface area (TPSA) is 60.9 Å². The van der Waals surface area contributed by atoms with E-state index in [2.05, 4.69) is 43.2 Å². The van der Waals surface area contributed by atoms with Gasteiger partial charge in [0.2, 0.25) is 5.91 Å². The number of hydrogen-bond acceptors (Lipinski definition) is 6. The van der Waals surface area contributed by atoms with Crippen LogP contribution in [0.2, 0.25) is 0 Å². The number of amides is 1. The lowest BCUT2D eigenvalue weighted by Crippen LogP contribution is -2.56. The molecule has 3 aromatic rings. The Morgan fingerprint density at radius 1 is 1.02 bits per heavy atom. The van der Waals surface area contributed by atoms with Crippen molar-refractivity contribution in [3.63, 3.8) is 0 Å². The van der Waals surface area contributed by atoms with E-state index in [1.54, 1.807) is 13.2 Å². The zero-order valence-corrected chi connectivity index (χ0v) is 24.1. The van der Waals surface area contributed by atoms with Crippen molar-refractivity contribution in [2.45, 2.75) is 38.3 Å². The molecule has 1 aromatic heterocycles. The Morgan fingerprint density at radius 3 is 2.63 bits per heavy atom. The van der Waals surface area contributed by atoms with Crippen LogP contribution in [0, 0.1) is 11.7 Å². The molecule has 3 heterocycles. The molecule has 2 atom stereocenters. The van der Waals surface area contributed by atoms with Crippen LogP contribution >= 0.6 is 0 Å². The van der Waals surface area contributed by atoms with Crippen molar-refractivity contribution in [1.82, 2.24) is 20.1 Å². The van der Waals surface area contributed by atoms with Crippen molar-refractivity contribution >= 4 is 11.6 Å². The third-order valence-electron chi connectivity index (χ3n) is 8.48. The standard InChI is InChI=1S/C33H42FN5O2/c1-41-32-10-3-2-9-31(32)39-20-18-38(19-21-39)30-14-17-37(24-27-7-5-15-35-23-27)25-28(30)11-12-33(40)36-16-13-26-6-4-8-29(34)22-26/h2-10,15,22-23,28,30H,11-14,16-21,24-25H2,1H3,(H,36,40)/t28-,30+/m0/s1. The largest absolute Gasteiger partial charge is 0.495 e. The predicted molar refractivity (Wildman–Crippen MR) is 161 cm³/mol. The molecule has 0 saturated carbocycles. The number of carbonyl (C=O) groups is 1. The number of piperidine rings is 1. The molecule has 5 rings (SSSR count). The summed E-state index contributed by atoms with van der Waals surface area (Å²) in [5.41, 5.74) is 3.29. The summed E-state index contributed by atoms with van der Waals surface area (Å²) in [5.74, 6) is 1.17. The maximum absolute atomic E-state index is 13.5. The van der Waals surface area contributed by atoms with Crippen LogP contribution in [0.15, 0.2) is 73.1 Å². The zero-order chi connectivity index (χ0) is 28.4. The number of pyridine rings is 1. The number of ether oxygens (including phenoxy) is 1. The van der Waals surface area contributed by atoms with Crippen LogP contribution in [-0.4, -0.2) is 79.7 Å². The number of anilines is 1. The van der Waals surface area contributed by atoms with Crippen molar-refractivity contribution in [3.8, 4) is 5.75 Å². The number of para-hydroxylation sites is 2. The molecule has 2 saturated heterocycles. The van der Waals surface area contributed by atoms with Gasteiger partial charge in [0.15, 0.2) is 0 Å². The highest BCUT2D eigenvalue weighted by atomic mass is 19.1. The van der Waals surface area contributed by atoms with Gasteiger partial charge in [-0.05, 0) is 73.2 Å². The molecule has 0 spiro atoms. The highest BCUT2D eigenvalue weighted by Gasteiger charge is 2.35. The molecular formula is C33H42FN5O2. The maximum Gasteiger partial charge on any atom is 0.220 e. The summed E-state index contributed by atoms with van der Waals surface area (Å²) in [6.45, 7) is 7.36. The molecule has 1 N–H and O–H groups in total. The summed E-state index contributed by atoms with van der Waals surface area (Å²) in [6, 6.07) is 19.4. The fourth-order valence-electron chi connectivity index (χ4n) is 6.38. The molecule has 2 aliphatic heterocycles. The van der Waals surface area contributed by atoms with Crippen LogP contribution < -0.4 is 15.0 Å². The Morgan fingerprint density at radius 2 is 1.85 bits per heavy atom. The van der Waals surface area contributed by atoms with Crippen LogP contribution in [-0.2, 0) is 17.8 Å². The number of nitrogens with zero attached hydrogens (tertiary/aromatic N) is 4. The van der Waals surface area contributed by atoms with E-state index in [1.165, 1.54) is 17.7 Å². The number of halogens is 1. The monoisotopic (exact) mass is 559 g/mol. The van der Waals surface area contributed by atoms with Crippen LogP contribution in [0.3, 0.4) is 0 Å². The van der Waals surface area contributed by atoms with Crippen LogP contribution in [0.1, 0.15) is 30.4 Å². The number of methoxy groups -OCH3 is 1. The average molecular weight is 560 g/mol. The molecule has 2 fully saturated rings. The first-order valence-corrected chi connectivity index (χ1v) is 14.8. The maximum atomic E-state index is 13.5. The molecular weight excluding hydrogens is 517 g/mol. The first-order valence-electron chi connectivity index (χ1n) is 14.8. The number of piperazine rings is 1. The third-order valence-corrected chi connectivity index (χ3v) is 8.48. The minimum Gasteiger partial charge on any atom is -0.495 e. The second-order valence-corrected chi connectivity index (χ2v) is 11.2. The second-order valence-electron chi connectivity index (χ2n) is 11.2. The molecule has 218 valence electrons. The van der Waals surface area contributed by atoms with Gasteiger partial charge >= 0.3 is 0 Å². The molecule has 0 radical (unpaired) electrons. The van der Waals surface area contributed by atoms with E-state index in [0.717, 1.165) is 75.7 Å². The summed E-state index contributed by atoms with van der Waals surface area (Å²) in [5, 5.41) is 3.06. The normalized spacial score (nSPS) is 20.1. The number of carbonyl (C=O) groups excluding carboxylic acids is 1. The third kappa shape index (κ3) is 8.05. The lowest BCUT2D eigenvalue weighted by atomic mass is 9.86. The van der Waals surface area contributed by atoms with E-state index in [1.807, 2.05) is 36.7 Å². The van der Waals surface area contributed by atoms with Crippen LogP contribution in [0.4, 0.5) is 10.1 Å². The van der Waals surface area contributed by atoms with Gasteiger partial charge < -0.3 is 15.0 Å². The molecule has 0 unspecified atom stereocenters. The first-order chi connectivity index (χ1) is 20.1. The van der Waals surface area contributed by atoms with Gasteiger partial charge in [0, 0.05) is 70.7 Å². The van der Waals surface area contributed by atoms with Crippen molar-refractivity contribution < 1.29 is 13.9 Å². The van der Waals surface area contributed by atoms with Crippen molar-refractivity contribution in [2.24, 2.45) is 5.92 Å². The van der Waals surface area contributed by atoms with Gasteiger partial charge in [-0.2, -0.15) is 0 Å². The summed E-state index contributed by atoms with van der Waals surface area (Å²) in [6.07, 6.45) is 6.85. The molecule has 8 heteroatoms. The fourth-order valence-corrected chi connectivity index (χ4v) is 6.38. The smallest absolute Gasteiger partial charge is 0.220 e. The Hall–Kier alpha value is -3.49. The van der Waals surface area contributed by atoms with Gasteiger partial charge in [-0.15, -0.1) is 0 Å². The van der Waals surface area contributed by atoms with Crippen LogP contribution in [0.25, 0.3) is 0 Å². The van der Waals surface area contributed by atoms with Gasteiger partial charge in [0.05, 0.1) is 12.8 Å². The fraction of sp³-hybridized carbons (Fsp3) is 0.455. The predicted octanol–water partition coefficient (Wildman–Crippen LogP) is 4.38. The molecule has 7 nitrogen and oxygen atoms in total. The number of aromatic nitrogens is 1. The highest BCUT2D eigenvalue weighted by Crippen LogP contribution is 2.31. The lowest BCUT2D eigenvalue weighted by molar-refractivity contribution is -0.121. The van der Waals surface area contributed by atoms with Gasteiger partial charge in [-0.25, -0.2) is 4.39 Å². The number of hydrogen-bond donors (Lipinski definition) is 1. The van der Waals surface area contributed by atoms with E-state index in [9.17, 15) is 9.18 Å². The van der Waals surface area contributed by atoms with Gasteiger partial charge in [-0.1, -0.05) is 30.3 Å². The highest BCUT2D eigenvalue weighted by molar-refractivity contribution is 5.75. The van der Waals surface area contributed by atoms with E-state index in [4.69, 9.17) is 4.74 Å². The first kappa shape index (κ1) is 29.0. The minimum atomic E-state index is -0.239. The SMILES string of the molecule is COc1ccccc1N1CCN([C@@H]2CCN(Cc3cccnc3)C[C@@H]2CCC(=O)NCCc2cccc(F)c2)CC1. The zero-order valence-electron chi connectivity index (χ0n) is 24.1. The Kier molecular flexibility index (Phi) is 10.2. The summed E-state index contributed by atoms with van der Waals surface area (Å²) >= 11 is 0. The molecule has 41 heavy (non-hydrogen) atoms. The average Bonchev–Trinajstić information content (AvgIpc) is 3.01. The van der Waals surface area contributed by atoms with Crippen molar-refractivity contribution in [2.75, 3.05) is 57.8 Å². The number of nitrogens with one attached hydrogen (secondary N) is 1. The van der Waals surface area contributed by atoms with Gasteiger partial charge in [0.25, 0.3) is 0 Å². The minimum absolute atomic E-state index is 0.0746. The van der Waals surface area contributed by atoms with Crippen molar-refractivity contribution in [3.05, 3.63) is 90.0 Å². The van der Waals surface area contributed by atoms with Gasteiger partial charge in [0.1, 0.15) is 11.6 Å². The molecule has 1 amide bonds. The quantitative estimate of drug-likeness (QED) is 0.376. The number of rotatable bonds is 11. The lowest BCUT2D eigenvalue weighted by Gasteiger charge is -2.47. The Balaban J connectivity index is 1.17. The van der Waals surface area contributed by atoms with E-state index >= 15 is 0 Å². The van der Waals surface area contributed by atoms with Crippen LogP contribution in [0.5, 0.6) is 5.75 Å². The van der Waals surface area contributed by atoms with Crippen molar-refractivity contribution in [1.29, 1.82) is 0 Å². The Labute approximate surface area is 243 Å². The summed E-state index contributed by atoms with van der Waals surface area (Å²) in [4.78, 5) is 24.7. The molecule has 2 aromatic carbocycles. The van der Waals surface area contributed by atoms with E-state index < -0.39 is 0 Å². The second kappa shape index (κ2) is 14.4. The van der Waals surface area contributed by atoms with Gasteiger partial charge in [-0.3, -0.25) is 19.6 Å². The number of benzene rings is 2. The molecule has 2 aliphatic rings. The summed E-state index contributed by atoms with van der Waals surface area (Å²) < 4.78 is 19.1. The number of likely N-dealkylation sites (tertiary alicyclic amines) is 1.